The fraction of sp³-hybridized carbons (Fsp3) is 0.346. The summed E-state index contributed by atoms with van der Waals surface area (Å²) in [6.45, 7) is -0.696. The number of rotatable bonds is 15. The molecule has 0 saturated heterocycles. The van der Waals surface area contributed by atoms with Crippen LogP contribution < -0.4 is 21.7 Å². The van der Waals surface area contributed by atoms with Gasteiger partial charge in [0.1, 0.15) is 35.7 Å². The summed E-state index contributed by atoms with van der Waals surface area (Å²) >= 11 is 0. The first kappa shape index (κ1) is 31.5. The Morgan fingerprint density at radius 3 is 1.45 bits per heavy atom. The molecule has 0 aromatic heterocycles. The second-order valence-electron chi connectivity index (χ2n) is 8.98. The Hall–Kier alpha value is -4.69. The monoisotopic (exact) mass is 560 g/mol. The van der Waals surface area contributed by atoms with Crippen molar-refractivity contribution in [2.24, 2.45) is 5.73 Å². The second-order valence-corrected chi connectivity index (χ2v) is 8.98. The van der Waals surface area contributed by atoms with Gasteiger partial charge in [-0.1, -0.05) is 24.3 Å². The van der Waals surface area contributed by atoms with Gasteiger partial charge in [-0.15, -0.1) is 0 Å². The van der Waals surface area contributed by atoms with Crippen molar-refractivity contribution in [1.29, 1.82) is 0 Å². The third-order valence-electron chi connectivity index (χ3n) is 5.81. The van der Waals surface area contributed by atoms with E-state index in [1.165, 1.54) is 48.5 Å². The zero-order chi connectivity index (χ0) is 29.8. The summed E-state index contributed by atoms with van der Waals surface area (Å²) in [5.74, 6) is -5.43. The van der Waals surface area contributed by atoms with E-state index in [0.29, 0.717) is 11.1 Å². The Labute approximate surface area is 228 Å². The normalized spacial score (nSPS) is 13.8. The van der Waals surface area contributed by atoms with E-state index in [4.69, 9.17) is 10.8 Å². The molecule has 2 rings (SSSR count). The molecule has 0 fully saturated rings. The SMILES string of the molecule is NC(CO)C(=O)NC(Cc1ccc(O)cc1)C(=O)NC(Cc1ccc(O)cc1)C(=O)NC(CCC(=O)O)C(=O)O. The van der Waals surface area contributed by atoms with E-state index in [9.17, 15) is 44.4 Å². The number of aliphatic hydroxyl groups is 1. The van der Waals surface area contributed by atoms with Gasteiger partial charge in [-0.05, 0) is 41.8 Å². The van der Waals surface area contributed by atoms with Crippen LogP contribution in [0.1, 0.15) is 24.0 Å². The molecule has 0 radical (unpaired) electrons. The molecule has 0 aliphatic heterocycles. The van der Waals surface area contributed by atoms with Crippen molar-refractivity contribution in [3.05, 3.63) is 59.7 Å². The molecule has 14 heteroatoms. The minimum atomic E-state index is -1.56. The summed E-state index contributed by atoms with van der Waals surface area (Å²) in [6, 6.07) is 5.85. The fourth-order valence-corrected chi connectivity index (χ4v) is 3.59. The van der Waals surface area contributed by atoms with Crippen LogP contribution >= 0.6 is 0 Å². The average Bonchev–Trinajstić information content (AvgIpc) is 2.91. The van der Waals surface area contributed by atoms with Gasteiger partial charge in [0.25, 0.3) is 0 Å². The third-order valence-corrected chi connectivity index (χ3v) is 5.81. The second kappa shape index (κ2) is 15.0. The number of nitrogens with one attached hydrogen (secondary N) is 3. The van der Waals surface area contributed by atoms with Crippen LogP contribution in [0, 0.1) is 0 Å². The van der Waals surface area contributed by atoms with Crippen LogP contribution in [-0.4, -0.2) is 86.0 Å². The molecule has 14 nitrogen and oxygen atoms in total. The van der Waals surface area contributed by atoms with Gasteiger partial charge in [0, 0.05) is 19.3 Å². The molecule has 40 heavy (non-hydrogen) atoms. The lowest BCUT2D eigenvalue weighted by atomic mass is 10.0. The lowest BCUT2D eigenvalue weighted by Crippen LogP contribution is -2.58. The standard InChI is InChI=1S/C26H32N4O10/c27-18(13-31)23(36)29-20(11-14-1-5-16(32)6-2-14)25(38)30-21(12-15-3-7-17(33)8-4-15)24(37)28-19(26(39)40)9-10-22(34)35/h1-8,18-21,31-33H,9-13,27H2,(H,28,37)(H,29,36)(H,30,38)(H,34,35)(H,39,40). The van der Waals surface area contributed by atoms with Gasteiger partial charge < -0.3 is 47.2 Å². The van der Waals surface area contributed by atoms with Crippen LogP contribution in [0.15, 0.2) is 48.5 Å². The maximum atomic E-state index is 13.4. The highest BCUT2D eigenvalue weighted by atomic mass is 16.4. The number of phenols is 2. The molecule has 2 aromatic rings. The summed E-state index contributed by atoms with van der Waals surface area (Å²) in [7, 11) is 0. The highest BCUT2D eigenvalue weighted by molar-refractivity contribution is 5.94. The van der Waals surface area contributed by atoms with E-state index in [-0.39, 0.29) is 24.3 Å². The number of carbonyl (C=O) groups is 5. The van der Waals surface area contributed by atoms with Crippen molar-refractivity contribution in [1.82, 2.24) is 16.0 Å². The molecule has 0 heterocycles. The number of carboxylic acid groups (broad SMARTS) is 2. The van der Waals surface area contributed by atoms with E-state index < -0.39 is 73.3 Å². The number of carbonyl (C=O) groups excluding carboxylic acids is 3. The molecule has 2 aromatic carbocycles. The third kappa shape index (κ3) is 10.2. The van der Waals surface area contributed by atoms with Crippen LogP contribution in [0.25, 0.3) is 0 Å². The minimum Gasteiger partial charge on any atom is -0.508 e. The van der Waals surface area contributed by atoms with Crippen molar-refractivity contribution in [3.63, 3.8) is 0 Å². The number of hydrogen-bond donors (Lipinski definition) is 9. The fourth-order valence-electron chi connectivity index (χ4n) is 3.59. The van der Waals surface area contributed by atoms with Crippen LogP contribution in [-0.2, 0) is 36.8 Å². The van der Waals surface area contributed by atoms with Crippen LogP contribution in [0.3, 0.4) is 0 Å². The summed E-state index contributed by atoms with van der Waals surface area (Å²) < 4.78 is 0. The lowest BCUT2D eigenvalue weighted by molar-refractivity contribution is -0.143. The van der Waals surface area contributed by atoms with E-state index in [1.54, 1.807) is 0 Å². The van der Waals surface area contributed by atoms with E-state index >= 15 is 0 Å². The zero-order valence-corrected chi connectivity index (χ0v) is 21.3. The number of hydrogen-bond acceptors (Lipinski definition) is 9. The maximum Gasteiger partial charge on any atom is 0.326 e. The van der Waals surface area contributed by atoms with Gasteiger partial charge in [-0.25, -0.2) is 4.79 Å². The Morgan fingerprint density at radius 1 is 0.675 bits per heavy atom. The van der Waals surface area contributed by atoms with Crippen LogP contribution in [0.4, 0.5) is 0 Å². The molecule has 3 amide bonds. The Kier molecular flexibility index (Phi) is 11.9. The smallest absolute Gasteiger partial charge is 0.326 e. The number of aliphatic hydroxyl groups excluding tert-OH is 1. The molecule has 4 unspecified atom stereocenters. The number of carboxylic acids is 2. The first-order valence-electron chi connectivity index (χ1n) is 12.2. The number of phenolic OH excluding ortho intramolecular Hbond substituents is 2. The largest absolute Gasteiger partial charge is 0.508 e. The van der Waals surface area contributed by atoms with Crippen molar-refractivity contribution in [2.45, 2.75) is 49.9 Å². The molecule has 216 valence electrons. The number of aliphatic carboxylic acids is 2. The van der Waals surface area contributed by atoms with Gasteiger partial charge in [0.15, 0.2) is 0 Å². The highest BCUT2D eigenvalue weighted by Gasteiger charge is 2.31. The highest BCUT2D eigenvalue weighted by Crippen LogP contribution is 2.14. The molecule has 0 aliphatic rings. The molecular weight excluding hydrogens is 528 g/mol. The minimum absolute atomic E-state index is 0.0300. The van der Waals surface area contributed by atoms with E-state index in [1.807, 2.05) is 0 Å². The van der Waals surface area contributed by atoms with Gasteiger partial charge in [0.2, 0.25) is 17.7 Å². The molecule has 0 bridgehead atoms. The van der Waals surface area contributed by atoms with Gasteiger partial charge >= 0.3 is 11.9 Å². The summed E-state index contributed by atoms with van der Waals surface area (Å²) in [5, 5.41) is 53.8. The molecule has 0 spiro atoms. The number of amides is 3. The molecule has 4 atom stereocenters. The quantitative estimate of drug-likeness (QED) is 0.123. The van der Waals surface area contributed by atoms with Crippen molar-refractivity contribution in [2.75, 3.05) is 6.61 Å². The number of nitrogens with two attached hydrogens (primary N) is 1. The lowest BCUT2D eigenvalue weighted by Gasteiger charge is -2.25. The average molecular weight is 561 g/mol. The summed E-state index contributed by atoms with van der Waals surface area (Å²) in [4.78, 5) is 61.4. The Morgan fingerprint density at radius 2 is 1.07 bits per heavy atom. The predicted molar refractivity (Wildman–Crippen MR) is 139 cm³/mol. The van der Waals surface area contributed by atoms with Crippen molar-refractivity contribution >= 4 is 29.7 Å². The zero-order valence-electron chi connectivity index (χ0n) is 21.3. The topological polar surface area (TPSA) is 249 Å². The van der Waals surface area contributed by atoms with Crippen LogP contribution in [0.2, 0.25) is 0 Å². The maximum absolute atomic E-state index is 13.4. The molecule has 10 N–H and O–H groups in total. The van der Waals surface area contributed by atoms with Gasteiger partial charge in [-0.3, -0.25) is 19.2 Å². The Bertz CT molecular complexity index is 1190. The predicted octanol–water partition coefficient (Wildman–Crippen LogP) is -1.39. The van der Waals surface area contributed by atoms with Crippen molar-refractivity contribution < 1.29 is 49.5 Å². The van der Waals surface area contributed by atoms with E-state index in [0.717, 1.165) is 0 Å². The molecule has 0 saturated carbocycles. The van der Waals surface area contributed by atoms with Gasteiger partial charge in [-0.2, -0.15) is 0 Å². The molecular formula is C26H32N4O10. The van der Waals surface area contributed by atoms with Gasteiger partial charge in [0.05, 0.1) is 6.61 Å². The van der Waals surface area contributed by atoms with Crippen molar-refractivity contribution in [3.8, 4) is 11.5 Å². The Balaban J connectivity index is 2.33. The first-order chi connectivity index (χ1) is 18.9. The molecule has 0 aliphatic carbocycles. The van der Waals surface area contributed by atoms with E-state index in [2.05, 4.69) is 16.0 Å². The summed E-state index contributed by atoms with van der Waals surface area (Å²) in [6.07, 6.45) is -1.19. The summed E-state index contributed by atoms with van der Waals surface area (Å²) in [5.41, 5.74) is 6.57. The number of benzene rings is 2. The van der Waals surface area contributed by atoms with Crippen LogP contribution in [0.5, 0.6) is 11.5 Å². The first-order valence-corrected chi connectivity index (χ1v) is 12.2. The number of aromatic hydroxyl groups is 2.